The summed E-state index contributed by atoms with van der Waals surface area (Å²) in [4.78, 5) is 11.4. The van der Waals surface area contributed by atoms with Gasteiger partial charge in [0, 0.05) is 13.3 Å². The van der Waals surface area contributed by atoms with E-state index in [1.807, 2.05) is 0 Å². The van der Waals surface area contributed by atoms with Gasteiger partial charge in [0.05, 0.1) is 10.6 Å². The lowest BCUT2D eigenvalue weighted by Crippen LogP contribution is -2.02. The van der Waals surface area contributed by atoms with Gasteiger partial charge in [0.15, 0.2) is 9.84 Å². The van der Waals surface area contributed by atoms with Crippen molar-refractivity contribution in [3.05, 3.63) is 35.5 Å². The van der Waals surface area contributed by atoms with E-state index in [0.717, 1.165) is 6.26 Å². The Morgan fingerprint density at radius 2 is 1.86 bits per heavy atom. The maximum atomic E-state index is 11.4. The van der Waals surface area contributed by atoms with Gasteiger partial charge in [0.1, 0.15) is 11.3 Å². The van der Waals surface area contributed by atoms with Crippen molar-refractivity contribution in [2.24, 2.45) is 7.05 Å². The number of hydrogen-bond acceptors (Lipinski definition) is 5. The second-order valence-corrected chi connectivity index (χ2v) is 6.56. The molecule has 0 saturated carbocycles. The predicted molar refractivity (Wildman–Crippen MR) is 74.5 cm³/mol. The number of ether oxygens (including phenoxy) is 1. The Hall–Kier alpha value is -2.35. The molecule has 0 saturated heterocycles. The molecule has 1 heterocycles. The van der Waals surface area contributed by atoms with E-state index in [4.69, 9.17) is 4.74 Å². The van der Waals surface area contributed by atoms with Crippen LogP contribution in [0, 0.1) is 6.92 Å². The largest absolute Gasteiger partial charge is 0.477 e. The molecular formula is C13H14N2O5S. The van der Waals surface area contributed by atoms with Gasteiger partial charge in [-0.3, -0.25) is 0 Å². The third kappa shape index (κ3) is 3.05. The first-order chi connectivity index (χ1) is 9.70. The summed E-state index contributed by atoms with van der Waals surface area (Å²) in [6.07, 6.45) is 1.11. The summed E-state index contributed by atoms with van der Waals surface area (Å²) in [6.45, 7) is 1.57. The fourth-order valence-electron chi connectivity index (χ4n) is 1.87. The summed E-state index contributed by atoms with van der Waals surface area (Å²) in [6, 6.07) is 5.72. The van der Waals surface area contributed by atoms with Crippen molar-refractivity contribution in [3.63, 3.8) is 0 Å². The quantitative estimate of drug-likeness (QED) is 0.921. The minimum atomic E-state index is -3.29. The van der Waals surface area contributed by atoms with Crippen molar-refractivity contribution >= 4 is 15.8 Å². The van der Waals surface area contributed by atoms with E-state index in [1.165, 1.54) is 28.9 Å². The number of nitrogens with zero attached hydrogens (tertiary/aromatic N) is 2. The van der Waals surface area contributed by atoms with E-state index in [-0.39, 0.29) is 16.3 Å². The normalized spacial score (nSPS) is 11.4. The molecule has 8 heteroatoms. The molecule has 2 aromatic rings. The molecule has 21 heavy (non-hydrogen) atoms. The monoisotopic (exact) mass is 310 g/mol. The second kappa shape index (κ2) is 5.21. The van der Waals surface area contributed by atoms with Gasteiger partial charge in [-0.2, -0.15) is 5.10 Å². The second-order valence-electron chi connectivity index (χ2n) is 4.54. The van der Waals surface area contributed by atoms with Gasteiger partial charge >= 0.3 is 5.97 Å². The number of rotatable bonds is 4. The minimum Gasteiger partial charge on any atom is -0.477 e. The zero-order valence-corrected chi connectivity index (χ0v) is 12.5. The summed E-state index contributed by atoms with van der Waals surface area (Å²) < 4.78 is 29.6. The maximum absolute atomic E-state index is 11.4. The molecule has 1 aromatic heterocycles. The van der Waals surface area contributed by atoms with Crippen LogP contribution in [0.5, 0.6) is 11.6 Å². The molecule has 2 rings (SSSR count). The molecule has 0 spiro atoms. The minimum absolute atomic E-state index is 0.0234. The van der Waals surface area contributed by atoms with Gasteiger partial charge in [-0.05, 0) is 31.2 Å². The van der Waals surface area contributed by atoms with Crippen molar-refractivity contribution in [2.45, 2.75) is 11.8 Å². The highest BCUT2D eigenvalue weighted by atomic mass is 32.2. The van der Waals surface area contributed by atoms with Gasteiger partial charge < -0.3 is 9.84 Å². The van der Waals surface area contributed by atoms with E-state index in [0.29, 0.717) is 11.4 Å². The van der Waals surface area contributed by atoms with Crippen LogP contribution >= 0.6 is 0 Å². The molecular weight excluding hydrogens is 296 g/mol. The third-order valence-corrected chi connectivity index (χ3v) is 3.98. The number of aromatic nitrogens is 2. The van der Waals surface area contributed by atoms with Crippen molar-refractivity contribution in [1.82, 2.24) is 9.78 Å². The Labute approximate surface area is 121 Å². The zero-order valence-electron chi connectivity index (χ0n) is 11.7. The number of sulfone groups is 1. The lowest BCUT2D eigenvalue weighted by atomic mass is 10.2. The molecule has 0 aliphatic heterocycles. The Morgan fingerprint density at radius 3 is 2.33 bits per heavy atom. The van der Waals surface area contributed by atoms with Crippen LogP contribution in [0.1, 0.15) is 16.1 Å². The predicted octanol–water partition coefficient (Wildman–Crippen LogP) is 1.62. The van der Waals surface area contributed by atoms with Crippen LogP contribution in [0.15, 0.2) is 29.2 Å². The summed E-state index contributed by atoms with van der Waals surface area (Å²) in [7, 11) is -1.72. The molecule has 1 N–H and O–H groups in total. The molecule has 1 aromatic carbocycles. The Kier molecular flexibility index (Phi) is 3.73. The van der Waals surface area contributed by atoms with Crippen LogP contribution in [-0.2, 0) is 16.9 Å². The number of aromatic carboxylic acids is 1. The van der Waals surface area contributed by atoms with Crippen molar-refractivity contribution in [1.29, 1.82) is 0 Å². The van der Waals surface area contributed by atoms with E-state index >= 15 is 0 Å². The molecule has 0 unspecified atom stereocenters. The summed E-state index contributed by atoms with van der Waals surface area (Å²) >= 11 is 0. The number of carboxylic acid groups (broad SMARTS) is 1. The fraction of sp³-hybridized carbons (Fsp3) is 0.231. The number of carboxylic acids is 1. The van der Waals surface area contributed by atoms with E-state index in [2.05, 4.69) is 5.10 Å². The van der Waals surface area contributed by atoms with Crippen LogP contribution in [-0.4, -0.2) is 35.5 Å². The maximum Gasteiger partial charge on any atom is 0.343 e. The van der Waals surface area contributed by atoms with Crippen molar-refractivity contribution < 1.29 is 23.1 Å². The van der Waals surface area contributed by atoms with Crippen LogP contribution in [0.2, 0.25) is 0 Å². The highest BCUT2D eigenvalue weighted by molar-refractivity contribution is 7.90. The van der Waals surface area contributed by atoms with Crippen LogP contribution in [0.4, 0.5) is 0 Å². The van der Waals surface area contributed by atoms with E-state index in [1.54, 1.807) is 14.0 Å². The standard InChI is InChI=1S/C13H14N2O5S/c1-8-11(13(16)17)12(15(2)14-8)20-9-4-6-10(7-5-9)21(3,18)19/h4-7H,1-3H3,(H,16,17). The SMILES string of the molecule is Cc1nn(C)c(Oc2ccc(S(C)(=O)=O)cc2)c1C(=O)O. The van der Waals surface area contributed by atoms with Gasteiger partial charge in [-0.15, -0.1) is 0 Å². The lowest BCUT2D eigenvalue weighted by Gasteiger charge is -2.07. The topological polar surface area (TPSA) is 98.5 Å². The van der Waals surface area contributed by atoms with Gasteiger partial charge in [-0.25, -0.2) is 17.9 Å². The lowest BCUT2D eigenvalue weighted by molar-refractivity contribution is 0.0693. The highest BCUT2D eigenvalue weighted by Gasteiger charge is 2.21. The number of carbonyl (C=O) groups is 1. The molecule has 0 atom stereocenters. The molecule has 0 fully saturated rings. The summed E-state index contributed by atoms with van der Waals surface area (Å²) in [5, 5.41) is 13.2. The van der Waals surface area contributed by atoms with Crippen molar-refractivity contribution in [3.8, 4) is 11.6 Å². The smallest absolute Gasteiger partial charge is 0.343 e. The van der Waals surface area contributed by atoms with Crippen molar-refractivity contribution in [2.75, 3.05) is 6.26 Å². The average molecular weight is 310 g/mol. The zero-order chi connectivity index (χ0) is 15.8. The Morgan fingerprint density at radius 1 is 1.29 bits per heavy atom. The van der Waals surface area contributed by atoms with Gasteiger partial charge in [0.25, 0.3) is 0 Å². The summed E-state index contributed by atoms with van der Waals surface area (Å²) in [5.41, 5.74) is 0.317. The fourth-order valence-corrected chi connectivity index (χ4v) is 2.50. The molecule has 0 radical (unpaired) electrons. The first-order valence-corrected chi connectivity index (χ1v) is 7.84. The number of hydrogen-bond donors (Lipinski definition) is 1. The molecule has 0 aliphatic carbocycles. The summed E-state index contributed by atoms with van der Waals surface area (Å²) in [5.74, 6) is -0.719. The Bertz CT molecular complexity index is 791. The van der Waals surface area contributed by atoms with Gasteiger partial charge in [-0.1, -0.05) is 0 Å². The molecule has 0 bridgehead atoms. The average Bonchev–Trinajstić information content (AvgIpc) is 2.63. The van der Waals surface area contributed by atoms with Crippen LogP contribution < -0.4 is 4.74 Å². The van der Waals surface area contributed by atoms with Gasteiger partial charge in [0.2, 0.25) is 5.88 Å². The first-order valence-electron chi connectivity index (χ1n) is 5.95. The van der Waals surface area contributed by atoms with Crippen LogP contribution in [0.25, 0.3) is 0 Å². The van der Waals surface area contributed by atoms with Crippen LogP contribution in [0.3, 0.4) is 0 Å². The van der Waals surface area contributed by atoms with E-state index in [9.17, 15) is 18.3 Å². The molecule has 7 nitrogen and oxygen atoms in total. The Balaban J connectivity index is 2.37. The highest BCUT2D eigenvalue weighted by Crippen LogP contribution is 2.27. The molecule has 112 valence electrons. The molecule has 0 amide bonds. The third-order valence-electron chi connectivity index (χ3n) is 2.85. The first kappa shape index (κ1) is 15.0. The number of benzene rings is 1. The molecule has 0 aliphatic rings. The number of aryl methyl sites for hydroxylation is 2. The van der Waals surface area contributed by atoms with E-state index < -0.39 is 15.8 Å².